The van der Waals surface area contributed by atoms with Crippen LogP contribution in [0.1, 0.15) is 4.88 Å². The Bertz CT molecular complexity index is 708. The summed E-state index contributed by atoms with van der Waals surface area (Å²) >= 11 is 9.14. The lowest BCUT2D eigenvalue weighted by atomic mass is 10.3. The van der Waals surface area contributed by atoms with Crippen LogP contribution < -0.4 is 10.5 Å². The zero-order valence-electron chi connectivity index (χ0n) is 9.46. The van der Waals surface area contributed by atoms with E-state index in [0.29, 0.717) is 10.6 Å². The Morgan fingerprint density at radius 3 is 2.37 bits per heavy atom. The molecule has 2 rings (SSSR count). The van der Waals surface area contributed by atoms with E-state index in [1.165, 1.54) is 6.07 Å². The number of benzene rings is 1. The average Bonchev–Trinajstić information content (AvgIpc) is 2.82. The van der Waals surface area contributed by atoms with Gasteiger partial charge in [-0.3, -0.25) is 4.72 Å². The van der Waals surface area contributed by atoms with E-state index in [9.17, 15) is 8.42 Å². The zero-order chi connectivity index (χ0) is 14.0. The van der Waals surface area contributed by atoms with Crippen LogP contribution in [0.3, 0.4) is 0 Å². The predicted molar refractivity (Wildman–Crippen MR) is 85.2 cm³/mol. The average molecular weight is 377 g/mol. The SMILES string of the molecule is NC(=S)c1ccc(S(=O)(=O)Nc2ccc(Br)cc2)s1. The standard InChI is InChI=1S/C11H9BrN2O2S3/c12-7-1-3-8(4-2-7)14-19(15,16)10-6-5-9(18-10)11(13)17/h1-6,14H,(H2,13,17). The molecule has 0 atom stereocenters. The van der Waals surface area contributed by atoms with Gasteiger partial charge in [0, 0.05) is 10.2 Å². The lowest BCUT2D eigenvalue weighted by Gasteiger charge is -2.05. The van der Waals surface area contributed by atoms with Gasteiger partial charge in [0.1, 0.15) is 9.20 Å². The molecule has 0 aliphatic heterocycles. The first kappa shape index (κ1) is 14.4. The van der Waals surface area contributed by atoms with Crippen molar-refractivity contribution in [3.8, 4) is 0 Å². The van der Waals surface area contributed by atoms with Crippen molar-refractivity contribution in [1.82, 2.24) is 0 Å². The van der Waals surface area contributed by atoms with Crippen LogP contribution in [0.15, 0.2) is 45.1 Å². The van der Waals surface area contributed by atoms with Crippen molar-refractivity contribution >= 4 is 60.2 Å². The Labute approximate surface area is 128 Å². The first-order chi connectivity index (χ1) is 8.88. The minimum atomic E-state index is -3.60. The molecule has 1 aromatic heterocycles. The summed E-state index contributed by atoms with van der Waals surface area (Å²) in [4.78, 5) is 0.765. The molecule has 0 aliphatic rings. The Morgan fingerprint density at radius 1 is 1.21 bits per heavy atom. The number of halogens is 1. The lowest BCUT2D eigenvalue weighted by molar-refractivity contribution is 0.603. The molecule has 19 heavy (non-hydrogen) atoms. The maximum absolute atomic E-state index is 12.1. The summed E-state index contributed by atoms with van der Waals surface area (Å²) in [7, 11) is -3.60. The van der Waals surface area contributed by atoms with Gasteiger partial charge in [0.2, 0.25) is 0 Å². The summed E-state index contributed by atoms with van der Waals surface area (Å²) in [6.07, 6.45) is 0. The second kappa shape index (κ2) is 5.58. The summed E-state index contributed by atoms with van der Waals surface area (Å²) in [6.45, 7) is 0. The Hall–Kier alpha value is -0.960. The van der Waals surface area contributed by atoms with E-state index in [4.69, 9.17) is 18.0 Å². The monoisotopic (exact) mass is 376 g/mol. The van der Waals surface area contributed by atoms with E-state index in [-0.39, 0.29) is 9.20 Å². The largest absolute Gasteiger partial charge is 0.389 e. The third-order valence-corrected chi connectivity index (χ3v) is 6.05. The molecular formula is C11H9BrN2O2S3. The van der Waals surface area contributed by atoms with Gasteiger partial charge in [-0.25, -0.2) is 8.42 Å². The Morgan fingerprint density at radius 2 is 1.84 bits per heavy atom. The molecule has 2 aromatic rings. The third kappa shape index (κ3) is 3.53. The highest BCUT2D eigenvalue weighted by Crippen LogP contribution is 2.24. The van der Waals surface area contributed by atoms with Crippen LogP contribution in [0.2, 0.25) is 0 Å². The van der Waals surface area contributed by atoms with Gasteiger partial charge in [0.25, 0.3) is 10.0 Å². The highest BCUT2D eigenvalue weighted by molar-refractivity contribution is 9.10. The molecule has 1 heterocycles. The molecule has 0 spiro atoms. The van der Waals surface area contributed by atoms with Gasteiger partial charge < -0.3 is 5.73 Å². The zero-order valence-corrected chi connectivity index (χ0v) is 13.5. The van der Waals surface area contributed by atoms with Crippen LogP contribution in [-0.2, 0) is 10.0 Å². The van der Waals surface area contributed by atoms with Crippen LogP contribution in [-0.4, -0.2) is 13.4 Å². The van der Waals surface area contributed by atoms with E-state index in [1.807, 2.05) is 0 Å². The summed E-state index contributed by atoms with van der Waals surface area (Å²) in [5.74, 6) is 0. The molecule has 1 aromatic carbocycles. The van der Waals surface area contributed by atoms with Crippen molar-refractivity contribution in [1.29, 1.82) is 0 Å². The normalized spacial score (nSPS) is 11.2. The molecule has 0 unspecified atom stereocenters. The van der Waals surface area contributed by atoms with Gasteiger partial charge >= 0.3 is 0 Å². The van der Waals surface area contributed by atoms with Crippen LogP contribution in [0.4, 0.5) is 5.69 Å². The third-order valence-electron chi connectivity index (χ3n) is 2.19. The fourth-order valence-corrected chi connectivity index (χ4v) is 3.99. The van der Waals surface area contributed by atoms with Gasteiger partial charge in [-0.15, -0.1) is 11.3 Å². The van der Waals surface area contributed by atoms with E-state index in [1.54, 1.807) is 30.3 Å². The number of hydrogen-bond donors (Lipinski definition) is 2. The molecule has 0 fully saturated rings. The van der Waals surface area contributed by atoms with Crippen molar-refractivity contribution in [3.05, 3.63) is 45.7 Å². The highest BCUT2D eigenvalue weighted by atomic mass is 79.9. The number of rotatable bonds is 4. The molecule has 100 valence electrons. The van der Waals surface area contributed by atoms with Crippen molar-refractivity contribution in [2.75, 3.05) is 4.72 Å². The number of nitrogens with one attached hydrogen (secondary N) is 1. The summed E-state index contributed by atoms with van der Waals surface area (Å²) in [5, 5.41) is 0. The summed E-state index contributed by atoms with van der Waals surface area (Å²) < 4.78 is 27.8. The Kier molecular flexibility index (Phi) is 4.24. The molecule has 0 saturated carbocycles. The molecule has 3 N–H and O–H groups in total. The predicted octanol–water partition coefficient (Wildman–Crippen LogP) is 2.95. The van der Waals surface area contributed by atoms with Gasteiger partial charge in [0.15, 0.2) is 0 Å². The van der Waals surface area contributed by atoms with E-state index in [0.717, 1.165) is 15.8 Å². The van der Waals surface area contributed by atoms with E-state index in [2.05, 4.69) is 20.7 Å². The molecule has 0 saturated heterocycles. The van der Waals surface area contributed by atoms with Gasteiger partial charge in [-0.1, -0.05) is 28.1 Å². The molecule has 0 amide bonds. The molecule has 0 aliphatic carbocycles. The summed E-state index contributed by atoms with van der Waals surface area (Å²) in [6, 6.07) is 9.94. The van der Waals surface area contributed by atoms with Crippen molar-refractivity contribution < 1.29 is 8.42 Å². The second-order valence-corrected chi connectivity index (χ2v) is 7.94. The number of nitrogens with two attached hydrogens (primary N) is 1. The molecule has 0 bridgehead atoms. The van der Waals surface area contributed by atoms with Crippen LogP contribution in [0.5, 0.6) is 0 Å². The maximum atomic E-state index is 12.1. The number of sulfonamides is 1. The number of thiocarbonyl (C=S) groups is 1. The van der Waals surface area contributed by atoms with Crippen molar-refractivity contribution in [2.45, 2.75) is 4.21 Å². The fraction of sp³-hybridized carbons (Fsp3) is 0. The van der Waals surface area contributed by atoms with E-state index >= 15 is 0 Å². The molecule has 8 heteroatoms. The fourth-order valence-electron chi connectivity index (χ4n) is 1.32. The first-order valence-electron chi connectivity index (χ1n) is 5.06. The number of thiophene rings is 1. The van der Waals surface area contributed by atoms with Crippen LogP contribution >= 0.6 is 39.5 Å². The highest BCUT2D eigenvalue weighted by Gasteiger charge is 2.17. The van der Waals surface area contributed by atoms with Crippen LogP contribution in [0, 0.1) is 0 Å². The van der Waals surface area contributed by atoms with Crippen molar-refractivity contribution in [2.24, 2.45) is 5.73 Å². The summed E-state index contributed by atoms with van der Waals surface area (Å²) in [5.41, 5.74) is 5.95. The maximum Gasteiger partial charge on any atom is 0.271 e. The van der Waals surface area contributed by atoms with Crippen LogP contribution in [0.25, 0.3) is 0 Å². The van der Waals surface area contributed by atoms with Gasteiger partial charge in [0.05, 0.1) is 4.88 Å². The van der Waals surface area contributed by atoms with E-state index < -0.39 is 10.0 Å². The number of anilines is 1. The first-order valence-corrected chi connectivity index (χ1v) is 8.56. The minimum absolute atomic E-state index is 0.179. The lowest BCUT2D eigenvalue weighted by Crippen LogP contribution is -2.11. The second-order valence-electron chi connectivity index (χ2n) is 3.60. The smallest absolute Gasteiger partial charge is 0.271 e. The number of hydrogen-bond acceptors (Lipinski definition) is 4. The van der Waals surface area contributed by atoms with Gasteiger partial charge in [-0.05, 0) is 36.4 Å². The topological polar surface area (TPSA) is 72.2 Å². The Balaban J connectivity index is 2.26. The van der Waals surface area contributed by atoms with Crippen molar-refractivity contribution in [3.63, 3.8) is 0 Å². The van der Waals surface area contributed by atoms with Gasteiger partial charge in [-0.2, -0.15) is 0 Å². The quantitative estimate of drug-likeness (QED) is 0.804. The molecule has 0 radical (unpaired) electrons. The molecular weight excluding hydrogens is 368 g/mol. The minimum Gasteiger partial charge on any atom is -0.389 e. The molecule has 4 nitrogen and oxygen atoms in total.